The lowest BCUT2D eigenvalue weighted by molar-refractivity contribution is -0.114. The Bertz CT molecular complexity index is 349. The summed E-state index contributed by atoms with van der Waals surface area (Å²) in [6, 6.07) is 7.86. The molecule has 0 bridgehead atoms. The maximum atomic E-state index is 10.9. The molecule has 0 aromatic heterocycles. The molecule has 0 aliphatic heterocycles. The van der Waals surface area contributed by atoms with Gasteiger partial charge in [0.1, 0.15) is 0 Å². The molecule has 1 aromatic rings. The predicted molar refractivity (Wildman–Crippen MR) is 73.6 cm³/mol. The molecule has 4 heteroatoms. The highest BCUT2D eigenvalue weighted by Crippen LogP contribution is 2.09. The van der Waals surface area contributed by atoms with Crippen molar-refractivity contribution >= 4 is 11.6 Å². The van der Waals surface area contributed by atoms with E-state index in [0.717, 1.165) is 38.4 Å². The van der Waals surface area contributed by atoms with Crippen molar-refractivity contribution in [2.75, 3.05) is 25.1 Å². The SMILES string of the molecule is CCOCCCNCc1ccc(NC(C)=O)cc1. The van der Waals surface area contributed by atoms with Gasteiger partial charge in [0.05, 0.1) is 0 Å². The third-order valence-electron chi connectivity index (χ3n) is 2.45. The van der Waals surface area contributed by atoms with Crippen molar-refractivity contribution in [3.8, 4) is 0 Å². The fraction of sp³-hybridized carbons (Fsp3) is 0.500. The predicted octanol–water partition coefficient (Wildman–Crippen LogP) is 2.16. The van der Waals surface area contributed by atoms with Crippen LogP contribution in [0.15, 0.2) is 24.3 Å². The van der Waals surface area contributed by atoms with Crippen LogP contribution in [0, 0.1) is 0 Å². The van der Waals surface area contributed by atoms with E-state index in [-0.39, 0.29) is 5.91 Å². The van der Waals surface area contributed by atoms with Gasteiger partial charge in [0.15, 0.2) is 0 Å². The zero-order chi connectivity index (χ0) is 13.2. The smallest absolute Gasteiger partial charge is 0.221 e. The van der Waals surface area contributed by atoms with E-state index in [0.29, 0.717) is 0 Å². The monoisotopic (exact) mass is 250 g/mol. The van der Waals surface area contributed by atoms with Gasteiger partial charge in [-0.2, -0.15) is 0 Å². The molecule has 0 radical (unpaired) electrons. The molecule has 0 unspecified atom stereocenters. The molecule has 0 saturated carbocycles. The molecule has 4 nitrogen and oxygen atoms in total. The van der Waals surface area contributed by atoms with Crippen LogP contribution >= 0.6 is 0 Å². The minimum absolute atomic E-state index is 0.0446. The van der Waals surface area contributed by atoms with E-state index in [1.165, 1.54) is 12.5 Å². The van der Waals surface area contributed by atoms with Crippen LogP contribution in [0.4, 0.5) is 5.69 Å². The highest BCUT2D eigenvalue weighted by atomic mass is 16.5. The molecule has 0 fully saturated rings. The number of anilines is 1. The van der Waals surface area contributed by atoms with Gasteiger partial charge in [-0.25, -0.2) is 0 Å². The number of hydrogen-bond acceptors (Lipinski definition) is 3. The Labute approximate surface area is 109 Å². The van der Waals surface area contributed by atoms with Crippen molar-refractivity contribution in [1.82, 2.24) is 5.32 Å². The lowest BCUT2D eigenvalue weighted by Crippen LogP contribution is -2.16. The summed E-state index contributed by atoms with van der Waals surface area (Å²) in [6.45, 7) is 6.90. The standard InChI is InChI=1S/C14H22N2O2/c1-3-18-10-4-9-15-11-13-5-7-14(8-6-13)16-12(2)17/h5-8,15H,3-4,9-11H2,1-2H3,(H,16,17). The molecular weight excluding hydrogens is 228 g/mol. The average Bonchev–Trinajstić information content (AvgIpc) is 2.35. The molecule has 0 aliphatic rings. The molecule has 0 spiro atoms. The molecule has 100 valence electrons. The van der Waals surface area contributed by atoms with Crippen molar-refractivity contribution < 1.29 is 9.53 Å². The van der Waals surface area contributed by atoms with E-state index >= 15 is 0 Å². The van der Waals surface area contributed by atoms with Crippen molar-refractivity contribution in [2.45, 2.75) is 26.8 Å². The minimum Gasteiger partial charge on any atom is -0.382 e. The van der Waals surface area contributed by atoms with Gasteiger partial charge in [0, 0.05) is 32.4 Å². The first kappa shape index (κ1) is 14.7. The topological polar surface area (TPSA) is 50.4 Å². The number of benzene rings is 1. The second-order valence-corrected chi connectivity index (χ2v) is 4.11. The number of carbonyl (C=O) groups is 1. The molecule has 2 N–H and O–H groups in total. The number of rotatable bonds is 8. The molecular formula is C14H22N2O2. The fourth-order valence-corrected chi connectivity index (χ4v) is 1.59. The van der Waals surface area contributed by atoms with Gasteiger partial charge < -0.3 is 15.4 Å². The number of amides is 1. The lowest BCUT2D eigenvalue weighted by atomic mass is 10.2. The van der Waals surface area contributed by atoms with Crippen LogP contribution in [0.25, 0.3) is 0 Å². The van der Waals surface area contributed by atoms with Gasteiger partial charge in [0.25, 0.3) is 0 Å². The van der Waals surface area contributed by atoms with Crippen LogP contribution in [-0.4, -0.2) is 25.7 Å². The van der Waals surface area contributed by atoms with Crippen LogP contribution in [0.5, 0.6) is 0 Å². The molecule has 1 aromatic carbocycles. The van der Waals surface area contributed by atoms with E-state index < -0.39 is 0 Å². The third kappa shape index (κ3) is 6.37. The summed E-state index contributed by atoms with van der Waals surface area (Å²) in [7, 11) is 0. The number of nitrogens with one attached hydrogen (secondary N) is 2. The first-order valence-electron chi connectivity index (χ1n) is 6.37. The third-order valence-corrected chi connectivity index (χ3v) is 2.45. The first-order valence-corrected chi connectivity index (χ1v) is 6.37. The van der Waals surface area contributed by atoms with E-state index in [9.17, 15) is 4.79 Å². The summed E-state index contributed by atoms with van der Waals surface area (Å²) in [6.07, 6.45) is 1.03. The maximum Gasteiger partial charge on any atom is 0.221 e. The minimum atomic E-state index is -0.0446. The van der Waals surface area contributed by atoms with Crippen LogP contribution in [-0.2, 0) is 16.1 Å². The number of carbonyl (C=O) groups excluding carboxylic acids is 1. The quantitative estimate of drug-likeness (QED) is 0.695. The summed E-state index contributed by atoms with van der Waals surface area (Å²) in [5.41, 5.74) is 2.04. The van der Waals surface area contributed by atoms with Crippen molar-refractivity contribution in [3.63, 3.8) is 0 Å². The van der Waals surface area contributed by atoms with Gasteiger partial charge in [-0.05, 0) is 37.6 Å². The lowest BCUT2D eigenvalue weighted by Gasteiger charge is -2.06. The first-order chi connectivity index (χ1) is 8.72. The number of ether oxygens (including phenoxy) is 1. The molecule has 1 amide bonds. The number of hydrogen-bond donors (Lipinski definition) is 2. The summed E-state index contributed by atoms with van der Waals surface area (Å²) >= 11 is 0. The molecule has 0 heterocycles. The second-order valence-electron chi connectivity index (χ2n) is 4.11. The van der Waals surface area contributed by atoms with E-state index in [4.69, 9.17) is 4.74 Å². The van der Waals surface area contributed by atoms with Gasteiger partial charge in [-0.15, -0.1) is 0 Å². The Hall–Kier alpha value is -1.39. The van der Waals surface area contributed by atoms with E-state index in [2.05, 4.69) is 10.6 Å². The average molecular weight is 250 g/mol. The van der Waals surface area contributed by atoms with Crippen LogP contribution in [0.1, 0.15) is 25.8 Å². The zero-order valence-electron chi connectivity index (χ0n) is 11.2. The van der Waals surface area contributed by atoms with Crippen LogP contribution in [0.2, 0.25) is 0 Å². The Morgan fingerprint density at radius 3 is 2.61 bits per heavy atom. The van der Waals surface area contributed by atoms with Crippen LogP contribution in [0.3, 0.4) is 0 Å². The summed E-state index contributed by atoms with van der Waals surface area (Å²) in [5.74, 6) is -0.0446. The van der Waals surface area contributed by atoms with Gasteiger partial charge >= 0.3 is 0 Å². The highest BCUT2D eigenvalue weighted by Gasteiger charge is 1.96. The Balaban J connectivity index is 2.20. The highest BCUT2D eigenvalue weighted by molar-refractivity contribution is 5.88. The zero-order valence-corrected chi connectivity index (χ0v) is 11.2. The van der Waals surface area contributed by atoms with E-state index in [1.54, 1.807) is 0 Å². The maximum absolute atomic E-state index is 10.9. The van der Waals surface area contributed by atoms with Crippen molar-refractivity contribution in [2.24, 2.45) is 0 Å². The normalized spacial score (nSPS) is 10.3. The molecule has 0 saturated heterocycles. The summed E-state index contributed by atoms with van der Waals surface area (Å²) < 4.78 is 5.26. The Kier molecular flexibility index (Phi) is 7.06. The van der Waals surface area contributed by atoms with E-state index in [1.807, 2.05) is 31.2 Å². The molecule has 0 atom stereocenters. The summed E-state index contributed by atoms with van der Waals surface area (Å²) in [5, 5.41) is 6.10. The van der Waals surface area contributed by atoms with Gasteiger partial charge in [-0.3, -0.25) is 4.79 Å². The Morgan fingerprint density at radius 1 is 1.28 bits per heavy atom. The van der Waals surface area contributed by atoms with Gasteiger partial charge in [0.2, 0.25) is 5.91 Å². The fourth-order valence-electron chi connectivity index (χ4n) is 1.59. The van der Waals surface area contributed by atoms with Gasteiger partial charge in [-0.1, -0.05) is 12.1 Å². The van der Waals surface area contributed by atoms with Crippen LogP contribution < -0.4 is 10.6 Å². The van der Waals surface area contributed by atoms with Crippen molar-refractivity contribution in [3.05, 3.63) is 29.8 Å². The summed E-state index contributed by atoms with van der Waals surface area (Å²) in [4.78, 5) is 10.9. The molecule has 18 heavy (non-hydrogen) atoms. The Morgan fingerprint density at radius 2 is 2.00 bits per heavy atom. The second kappa shape index (κ2) is 8.66. The van der Waals surface area contributed by atoms with Crippen molar-refractivity contribution in [1.29, 1.82) is 0 Å². The largest absolute Gasteiger partial charge is 0.382 e. The molecule has 1 rings (SSSR count). The molecule has 0 aliphatic carbocycles.